The number of sulfonamides is 1. The molecule has 1 aromatic carbocycles. The summed E-state index contributed by atoms with van der Waals surface area (Å²) < 4.78 is 43.5. The standard InChI is InChI=1S/C19H20N4O6S2/c1-27-15-4-2-3-13(9-15)11-20-31(25,26)16-10-14(12-30-16)17-21-18(29-22-17)19(24)23-5-7-28-8-6-23/h2-4,9-10,12,20H,5-8,11H2,1H3. The summed E-state index contributed by atoms with van der Waals surface area (Å²) in [6.45, 7) is 1.95. The normalized spacial score (nSPS) is 14.5. The molecule has 0 aliphatic carbocycles. The van der Waals surface area contributed by atoms with E-state index in [1.54, 1.807) is 41.7 Å². The van der Waals surface area contributed by atoms with Gasteiger partial charge in [0.2, 0.25) is 15.8 Å². The van der Waals surface area contributed by atoms with Gasteiger partial charge in [-0.15, -0.1) is 11.3 Å². The first-order chi connectivity index (χ1) is 15.0. The van der Waals surface area contributed by atoms with E-state index in [0.717, 1.165) is 16.9 Å². The lowest BCUT2D eigenvalue weighted by Gasteiger charge is -2.25. The summed E-state index contributed by atoms with van der Waals surface area (Å²) in [6, 6.07) is 8.59. The average Bonchev–Trinajstić information content (AvgIpc) is 3.48. The van der Waals surface area contributed by atoms with Crippen LogP contribution in [0.4, 0.5) is 0 Å². The van der Waals surface area contributed by atoms with Crippen molar-refractivity contribution in [1.29, 1.82) is 0 Å². The zero-order valence-electron chi connectivity index (χ0n) is 16.6. The van der Waals surface area contributed by atoms with Crippen LogP contribution in [0.5, 0.6) is 5.75 Å². The zero-order chi connectivity index (χ0) is 21.8. The Morgan fingerprint density at radius 3 is 2.87 bits per heavy atom. The van der Waals surface area contributed by atoms with Crippen LogP contribution in [-0.4, -0.2) is 62.8 Å². The topological polar surface area (TPSA) is 124 Å². The number of benzene rings is 1. The molecule has 12 heteroatoms. The van der Waals surface area contributed by atoms with Crippen molar-refractivity contribution in [1.82, 2.24) is 19.8 Å². The SMILES string of the molecule is COc1cccc(CNS(=O)(=O)c2cc(-c3noc(C(=O)N4CCOCC4)n3)cs2)c1. The van der Waals surface area contributed by atoms with Crippen LogP contribution < -0.4 is 9.46 Å². The Labute approximate surface area is 182 Å². The molecule has 0 saturated carbocycles. The van der Waals surface area contributed by atoms with Gasteiger partial charge in [-0.3, -0.25) is 4.79 Å². The van der Waals surface area contributed by atoms with Crippen molar-refractivity contribution in [2.45, 2.75) is 10.8 Å². The van der Waals surface area contributed by atoms with Crippen molar-refractivity contribution in [2.75, 3.05) is 33.4 Å². The fourth-order valence-corrected chi connectivity index (χ4v) is 5.16. The molecule has 3 aromatic rings. The lowest BCUT2D eigenvalue weighted by Crippen LogP contribution is -2.40. The lowest BCUT2D eigenvalue weighted by atomic mass is 10.2. The predicted molar refractivity (Wildman–Crippen MR) is 111 cm³/mol. The third-order valence-electron chi connectivity index (χ3n) is 4.61. The molecule has 0 bridgehead atoms. The molecule has 1 aliphatic heterocycles. The summed E-state index contributed by atoms with van der Waals surface area (Å²) in [4.78, 5) is 18.1. The van der Waals surface area contributed by atoms with E-state index in [-0.39, 0.29) is 28.4 Å². The fraction of sp³-hybridized carbons (Fsp3) is 0.316. The third kappa shape index (κ3) is 4.93. The van der Waals surface area contributed by atoms with E-state index in [0.29, 0.717) is 37.6 Å². The molecular weight excluding hydrogens is 444 g/mol. The highest BCUT2D eigenvalue weighted by molar-refractivity contribution is 7.91. The molecule has 2 aromatic heterocycles. The number of ether oxygens (including phenoxy) is 2. The number of hydrogen-bond donors (Lipinski definition) is 1. The number of aromatic nitrogens is 2. The molecule has 1 N–H and O–H groups in total. The molecule has 1 saturated heterocycles. The van der Waals surface area contributed by atoms with Gasteiger partial charge < -0.3 is 18.9 Å². The van der Waals surface area contributed by atoms with Crippen LogP contribution in [0.15, 0.2) is 44.4 Å². The molecule has 0 spiro atoms. The first-order valence-corrected chi connectivity index (χ1v) is 11.7. The average molecular weight is 465 g/mol. The molecule has 164 valence electrons. The highest BCUT2D eigenvalue weighted by Gasteiger charge is 2.25. The minimum Gasteiger partial charge on any atom is -0.497 e. The molecule has 0 atom stereocenters. The maximum Gasteiger partial charge on any atom is 0.316 e. The molecule has 3 heterocycles. The summed E-state index contributed by atoms with van der Waals surface area (Å²) in [6.07, 6.45) is 0. The number of carbonyl (C=O) groups is 1. The molecule has 1 aliphatic rings. The zero-order valence-corrected chi connectivity index (χ0v) is 18.2. The van der Waals surface area contributed by atoms with Gasteiger partial charge in [-0.25, -0.2) is 13.1 Å². The molecular formula is C19H20N4O6S2. The van der Waals surface area contributed by atoms with E-state index in [1.807, 2.05) is 0 Å². The smallest absolute Gasteiger partial charge is 0.316 e. The number of rotatable bonds is 7. The van der Waals surface area contributed by atoms with Gasteiger partial charge in [0.25, 0.3) is 0 Å². The summed E-state index contributed by atoms with van der Waals surface area (Å²) in [7, 11) is -2.19. The van der Waals surface area contributed by atoms with Gasteiger partial charge in [0, 0.05) is 30.6 Å². The maximum atomic E-state index is 12.7. The van der Waals surface area contributed by atoms with E-state index >= 15 is 0 Å². The molecule has 10 nitrogen and oxygen atoms in total. The van der Waals surface area contributed by atoms with Gasteiger partial charge in [0.1, 0.15) is 9.96 Å². The van der Waals surface area contributed by atoms with E-state index in [9.17, 15) is 13.2 Å². The minimum absolute atomic E-state index is 0.108. The number of thiophene rings is 1. The lowest BCUT2D eigenvalue weighted by molar-refractivity contribution is 0.0272. The molecule has 0 unspecified atom stereocenters. The van der Waals surface area contributed by atoms with Crippen LogP contribution in [0, 0.1) is 0 Å². The van der Waals surface area contributed by atoms with Crippen LogP contribution in [0.1, 0.15) is 16.2 Å². The van der Waals surface area contributed by atoms with E-state index in [4.69, 9.17) is 14.0 Å². The Balaban J connectivity index is 1.44. The Morgan fingerprint density at radius 2 is 2.10 bits per heavy atom. The Hall–Kier alpha value is -2.80. The Morgan fingerprint density at radius 1 is 1.29 bits per heavy atom. The first kappa shape index (κ1) is 21.4. The number of carbonyl (C=O) groups excluding carboxylic acids is 1. The first-order valence-electron chi connectivity index (χ1n) is 9.38. The second kappa shape index (κ2) is 9.14. The molecule has 31 heavy (non-hydrogen) atoms. The van der Waals surface area contributed by atoms with E-state index in [2.05, 4.69) is 14.9 Å². The number of methoxy groups -OCH3 is 1. The van der Waals surface area contributed by atoms with Gasteiger partial charge in [-0.2, -0.15) is 4.98 Å². The van der Waals surface area contributed by atoms with Crippen molar-refractivity contribution in [3.63, 3.8) is 0 Å². The van der Waals surface area contributed by atoms with Gasteiger partial charge in [-0.05, 0) is 23.8 Å². The molecule has 1 fully saturated rings. The minimum atomic E-state index is -3.74. The van der Waals surface area contributed by atoms with Gasteiger partial charge >= 0.3 is 11.8 Å². The summed E-state index contributed by atoms with van der Waals surface area (Å²) in [5, 5.41) is 5.43. The van der Waals surface area contributed by atoms with Crippen molar-refractivity contribution >= 4 is 27.3 Å². The Kier molecular flexibility index (Phi) is 6.32. The highest BCUT2D eigenvalue weighted by Crippen LogP contribution is 2.27. The Bertz CT molecular complexity index is 1170. The van der Waals surface area contributed by atoms with Crippen molar-refractivity contribution in [3.05, 3.63) is 47.2 Å². The van der Waals surface area contributed by atoms with Crippen LogP contribution >= 0.6 is 11.3 Å². The number of amides is 1. The molecule has 1 amide bonds. The maximum absolute atomic E-state index is 12.7. The number of nitrogens with one attached hydrogen (secondary N) is 1. The quantitative estimate of drug-likeness (QED) is 0.561. The summed E-state index contributed by atoms with van der Waals surface area (Å²) >= 11 is 1.03. The number of nitrogens with zero attached hydrogens (tertiary/aromatic N) is 3. The predicted octanol–water partition coefficient (Wildman–Crippen LogP) is 1.76. The number of hydrogen-bond acceptors (Lipinski definition) is 9. The highest BCUT2D eigenvalue weighted by atomic mass is 32.2. The second-order valence-corrected chi connectivity index (χ2v) is 9.56. The van der Waals surface area contributed by atoms with Crippen LogP contribution in [-0.2, 0) is 21.3 Å². The molecule has 4 rings (SSSR count). The summed E-state index contributed by atoms with van der Waals surface area (Å²) in [5.74, 6) is 0.297. The summed E-state index contributed by atoms with van der Waals surface area (Å²) in [5.41, 5.74) is 1.22. The van der Waals surface area contributed by atoms with E-state index in [1.165, 1.54) is 6.07 Å². The largest absolute Gasteiger partial charge is 0.497 e. The van der Waals surface area contributed by atoms with Crippen LogP contribution in [0.3, 0.4) is 0 Å². The van der Waals surface area contributed by atoms with Crippen LogP contribution in [0.25, 0.3) is 11.4 Å². The van der Waals surface area contributed by atoms with Gasteiger partial charge in [-0.1, -0.05) is 17.3 Å². The van der Waals surface area contributed by atoms with Gasteiger partial charge in [0.15, 0.2) is 0 Å². The third-order valence-corrected chi connectivity index (χ3v) is 7.45. The molecule has 0 radical (unpaired) electrons. The number of morpholine rings is 1. The van der Waals surface area contributed by atoms with E-state index < -0.39 is 10.0 Å². The van der Waals surface area contributed by atoms with Crippen molar-refractivity contribution < 1.29 is 27.2 Å². The second-order valence-electron chi connectivity index (χ2n) is 6.66. The fourth-order valence-electron chi connectivity index (χ4n) is 2.94. The van der Waals surface area contributed by atoms with Crippen molar-refractivity contribution in [2.24, 2.45) is 0 Å². The monoisotopic (exact) mass is 464 g/mol. The van der Waals surface area contributed by atoms with Crippen molar-refractivity contribution in [3.8, 4) is 17.1 Å². The van der Waals surface area contributed by atoms with Gasteiger partial charge in [0.05, 0.1) is 20.3 Å². The van der Waals surface area contributed by atoms with Crippen LogP contribution in [0.2, 0.25) is 0 Å².